The minimum atomic E-state index is -0.412. The Morgan fingerprint density at radius 3 is 2.06 bits per heavy atom. The van der Waals surface area contributed by atoms with Gasteiger partial charge in [-0.05, 0) is 60.0 Å². The van der Waals surface area contributed by atoms with Gasteiger partial charge in [0.1, 0.15) is 17.2 Å². The van der Waals surface area contributed by atoms with Gasteiger partial charge in [0.15, 0.2) is 0 Å². The summed E-state index contributed by atoms with van der Waals surface area (Å²) in [6.07, 6.45) is 0. The summed E-state index contributed by atoms with van der Waals surface area (Å²) in [5, 5.41) is 3.15. The van der Waals surface area contributed by atoms with Crippen LogP contribution in [0.25, 0.3) is 5.57 Å². The molecule has 2 amide bonds. The molecule has 6 nitrogen and oxygen atoms in total. The minimum Gasteiger partial charge on any atom is -0.497 e. The number of ether oxygens (including phenoxy) is 2. The highest BCUT2D eigenvalue weighted by Gasteiger charge is 2.40. The molecule has 4 rings (SSSR count). The topological polar surface area (TPSA) is 67.9 Å². The number of nitrogens with zero attached hydrogens (tertiary/aromatic N) is 1. The molecule has 0 bridgehead atoms. The molecule has 0 aliphatic carbocycles. The van der Waals surface area contributed by atoms with E-state index in [1.54, 1.807) is 55.6 Å². The molecule has 0 radical (unpaired) electrons. The Balaban J connectivity index is 1.67. The molecule has 0 saturated heterocycles. The molecule has 33 heavy (non-hydrogen) atoms. The van der Waals surface area contributed by atoms with Gasteiger partial charge < -0.3 is 14.8 Å². The summed E-state index contributed by atoms with van der Waals surface area (Å²) in [6.45, 7) is 4.74. The van der Waals surface area contributed by atoms with Crippen molar-refractivity contribution in [3.8, 4) is 11.5 Å². The van der Waals surface area contributed by atoms with Crippen LogP contribution in [0.3, 0.4) is 0 Å². The van der Waals surface area contributed by atoms with Gasteiger partial charge in [-0.3, -0.25) is 9.59 Å². The van der Waals surface area contributed by atoms with Gasteiger partial charge in [0, 0.05) is 5.69 Å². The lowest BCUT2D eigenvalue weighted by molar-refractivity contribution is -0.120. The van der Waals surface area contributed by atoms with Crippen molar-refractivity contribution >= 4 is 28.8 Å². The van der Waals surface area contributed by atoms with Crippen molar-refractivity contribution in [1.29, 1.82) is 0 Å². The number of carbonyl (C=O) groups is 2. The smallest absolute Gasteiger partial charge is 0.282 e. The zero-order chi connectivity index (χ0) is 23.4. The monoisotopic (exact) mass is 442 g/mol. The number of methoxy groups -OCH3 is 1. The number of rotatable bonds is 8. The largest absolute Gasteiger partial charge is 0.497 e. The molecule has 1 aliphatic heterocycles. The molecule has 3 aromatic rings. The molecule has 0 spiro atoms. The third kappa shape index (κ3) is 4.75. The molecule has 1 N–H and O–H groups in total. The van der Waals surface area contributed by atoms with Crippen LogP contribution < -0.4 is 19.7 Å². The van der Waals surface area contributed by atoms with Crippen LogP contribution in [0.4, 0.5) is 11.4 Å². The summed E-state index contributed by atoms with van der Waals surface area (Å²) in [5.41, 5.74) is 2.40. The molecule has 0 saturated carbocycles. The van der Waals surface area contributed by atoms with Gasteiger partial charge in [0.2, 0.25) is 0 Å². The van der Waals surface area contributed by atoms with Crippen molar-refractivity contribution in [1.82, 2.24) is 0 Å². The second-order valence-electron chi connectivity index (χ2n) is 8.11. The summed E-state index contributed by atoms with van der Waals surface area (Å²) in [6, 6.07) is 23.4. The Labute approximate surface area is 193 Å². The van der Waals surface area contributed by atoms with E-state index in [4.69, 9.17) is 9.47 Å². The fourth-order valence-corrected chi connectivity index (χ4v) is 3.53. The number of imide groups is 1. The van der Waals surface area contributed by atoms with Crippen LogP contribution in [0.2, 0.25) is 0 Å². The summed E-state index contributed by atoms with van der Waals surface area (Å²) in [5.74, 6) is 1.01. The second kappa shape index (κ2) is 9.61. The van der Waals surface area contributed by atoms with E-state index in [-0.39, 0.29) is 11.6 Å². The highest BCUT2D eigenvalue weighted by Crippen LogP contribution is 2.34. The fourth-order valence-electron chi connectivity index (χ4n) is 3.53. The number of benzene rings is 3. The van der Waals surface area contributed by atoms with Crippen LogP contribution >= 0.6 is 0 Å². The summed E-state index contributed by atoms with van der Waals surface area (Å²) >= 11 is 0. The molecule has 168 valence electrons. The van der Waals surface area contributed by atoms with Gasteiger partial charge in [-0.2, -0.15) is 0 Å². The fraction of sp³-hybridized carbons (Fsp3) is 0.185. The summed E-state index contributed by atoms with van der Waals surface area (Å²) in [7, 11) is 1.59. The van der Waals surface area contributed by atoms with Crippen LogP contribution in [-0.4, -0.2) is 25.5 Å². The maximum atomic E-state index is 13.5. The van der Waals surface area contributed by atoms with Crippen LogP contribution in [0.15, 0.2) is 84.6 Å². The first-order valence-corrected chi connectivity index (χ1v) is 10.8. The molecule has 1 heterocycles. The second-order valence-corrected chi connectivity index (χ2v) is 8.11. The van der Waals surface area contributed by atoms with E-state index in [0.717, 1.165) is 0 Å². The maximum absolute atomic E-state index is 13.5. The Bertz CT molecular complexity index is 1170. The van der Waals surface area contributed by atoms with Gasteiger partial charge in [-0.15, -0.1) is 0 Å². The lowest BCUT2D eigenvalue weighted by atomic mass is 10.0. The first-order chi connectivity index (χ1) is 16.0. The van der Waals surface area contributed by atoms with E-state index >= 15 is 0 Å². The van der Waals surface area contributed by atoms with Crippen molar-refractivity contribution in [2.45, 2.75) is 13.8 Å². The Morgan fingerprint density at radius 2 is 1.45 bits per heavy atom. The van der Waals surface area contributed by atoms with E-state index < -0.39 is 5.91 Å². The highest BCUT2D eigenvalue weighted by molar-refractivity contribution is 6.46. The SMILES string of the molecule is COc1ccc(NC2=C(c3ccccc3)C(=O)N(c3ccc(OCC(C)C)cc3)C2=O)cc1. The van der Waals surface area contributed by atoms with Gasteiger partial charge in [-0.1, -0.05) is 44.2 Å². The third-order valence-electron chi connectivity index (χ3n) is 5.18. The van der Waals surface area contributed by atoms with E-state index in [2.05, 4.69) is 19.2 Å². The van der Waals surface area contributed by atoms with Gasteiger partial charge in [0.05, 0.1) is 25.0 Å². The molecule has 0 aromatic heterocycles. The number of hydrogen-bond donors (Lipinski definition) is 1. The molecular formula is C27H26N2O4. The average molecular weight is 443 g/mol. The highest BCUT2D eigenvalue weighted by atomic mass is 16.5. The van der Waals surface area contributed by atoms with Crippen molar-refractivity contribution in [2.24, 2.45) is 5.92 Å². The normalized spacial score (nSPS) is 13.6. The standard InChI is InChI=1S/C27H26N2O4/c1-18(2)17-33-23-15-11-21(12-16-23)29-26(30)24(19-7-5-4-6-8-19)25(27(29)31)28-20-9-13-22(32-3)14-10-20/h4-16,18,28H,17H2,1-3H3. The zero-order valence-corrected chi connectivity index (χ0v) is 18.9. The number of nitrogens with one attached hydrogen (secondary N) is 1. The molecule has 1 aliphatic rings. The molecular weight excluding hydrogens is 416 g/mol. The first kappa shape index (κ1) is 22.1. The quantitative estimate of drug-likeness (QED) is 0.490. The van der Waals surface area contributed by atoms with Crippen LogP contribution in [0.1, 0.15) is 19.4 Å². The molecule has 3 aromatic carbocycles. The van der Waals surface area contributed by atoms with E-state index in [0.29, 0.717) is 46.5 Å². The predicted molar refractivity (Wildman–Crippen MR) is 129 cm³/mol. The van der Waals surface area contributed by atoms with Crippen LogP contribution in [-0.2, 0) is 9.59 Å². The first-order valence-electron chi connectivity index (χ1n) is 10.8. The Morgan fingerprint density at radius 1 is 0.818 bits per heavy atom. The van der Waals surface area contributed by atoms with Gasteiger partial charge in [-0.25, -0.2) is 4.90 Å². The molecule has 0 unspecified atom stereocenters. The van der Waals surface area contributed by atoms with Crippen molar-refractivity contribution in [3.05, 3.63) is 90.1 Å². The maximum Gasteiger partial charge on any atom is 0.282 e. The average Bonchev–Trinajstić information content (AvgIpc) is 3.08. The number of hydrogen-bond acceptors (Lipinski definition) is 5. The summed E-state index contributed by atoms with van der Waals surface area (Å²) in [4.78, 5) is 28.1. The number of anilines is 2. The number of carbonyl (C=O) groups excluding carboxylic acids is 2. The Kier molecular flexibility index (Phi) is 6.45. The Hall–Kier alpha value is -4.06. The lowest BCUT2D eigenvalue weighted by Crippen LogP contribution is -2.32. The van der Waals surface area contributed by atoms with Crippen LogP contribution in [0, 0.1) is 5.92 Å². The van der Waals surface area contributed by atoms with E-state index in [9.17, 15) is 9.59 Å². The minimum absolute atomic E-state index is 0.233. The van der Waals surface area contributed by atoms with Crippen molar-refractivity contribution in [3.63, 3.8) is 0 Å². The third-order valence-corrected chi connectivity index (χ3v) is 5.18. The molecule has 0 fully saturated rings. The lowest BCUT2D eigenvalue weighted by Gasteiger charge is -2.16. The molecule has 0 atom stereocenters. The van der Waals surface area contributed by atoms with Crippen molar-refractivity contribution in [2.75, 3.05) is 23.9 Å². The zero-order valence-electron chi connectivity index (χ0n) is 18.9. The predicted octanol–water partition coefficient (Wildman–Crippen LogP) is 5.13. The van der Waals surface area contributed by atoms with Crippen LogP contribution in [0.5, 0.6) is 11.5 Å². The van der Waals surface area contributed by atoms with Gasteiger partial charge >= 0.3 is 0 Å². The molecule has 6 heteroatoms. The van der Waals surface area contributed by atoms with Gasteiger partial charge in [0.25, 0.3) is 11.8 Å². The van der Waals surface area contributed by atoms with E-state index in [1.807, 2.05) is 30.3 Å². The van der Waals surface area contributed by atoms with Crippen molar-refractivity contribution < 1.29 is 19.1 Å². The summed E-state index contributed by atoms with van der Waals surface area (Å²) < 4.78 is 10.9. The number of amides is 2. The van der Waals surface area contributed by atoms with E-state index in [1.165, 1.54) is 4.90 Å².